The number of amides is 1. The highest BCUT2D eigenvalue weighted by atomic mass is 16.4. The number of rotatable bonds is 6. The molecule has 0 aliphatic carbocycles. The summed E-state index contributed by atoms with van der Waals surface area (Å²) in [5.41, 5.74) is -2.72. The monoisotopic (exact) mass is 299 g/mol. The SMILES string of the molecule is Cn1c(=O)ccn(CC(=O)NCC(C)(O)CC(=O)O)c1=O. The van der Waals surface area contributed by atoms with Gasteiger partial charge in [0.1, 0.15) is 6.54 Å². The van der Waals surface area contributed by atoms with Gasteiger partial charge in [0.15, 0.2) is 0 Å². The smallest absolute Gasteiger partial charge is 0.331 e. The lowest BCUT2D eigenvalue weighted by atomic mass is 10.0. The van der Waals surface area contributed by atoms with Gasteiger partial charge in [-0.25, -0.2) is 4.79 Å². The van der Waals surface area contributed by atoms with E-state index >= 15 is 0 Å². The zero-order valence-electron chi connectivity index (χ0n) is 11.7. The van der Waals surface area contributed by atoms with Crippen LogP contribution in [0.1, 0.15) is 13.3 Å². The van der Waals surface area contributed by atoms with E-state index in [4.69, 9.17) is 5.11 Å². The molecule has 21 heavy (non-hydrogen) atoms. The van der Waals surface area contributed by atoms with E-state index in [1.165, 1.54) is 20.2 Å². The Morgan fingerprint density at radius 3 is 2.57 bits per heavy atom. The largest absolute Gasteiger partial charge is 0.481 e. The van der Waals surface area contributed by atoms with E-state index in [0.717, 1.165) is 15.2 Å². The van der Waals surface area contributed by atoms with Gasteiger partial charge < -0.3 is 15.5 Å². The summed E-state index contributed by atoms with van der Waals surface area (Å²) in [4.78, 5) is 45.1. The van der Waals surface area contributed by atoms with Gasteiger partial charge in [-0.1, -0.05) is 0 Å². The summed E-state index contributed by atoms with van der Waals surface area (Å²) in [6.07, 6.45) is 0.673. The van der Waals surface area contributed by atoms with Crippen LogP contribution in [-0.4, -0.2) is 43.4 Å². The summed E-state index contributed by atoms with van der Waals surface area (Å²) in [7, 11) is 1.29. The maximum Gasteiger partial charge on any atom is 0.331 e. The van der Waals surface area contributed by atoms with Crippen molar-refractivity contribution in [3.05, 3.63) is 33.1 Å². The number of carbonyl (C=O) groups is 2. The van der Waals surface area contributed by atoms with E-state index < -0.39 is 35.1 Å². The Labute approximate surface area is 119 Å². The van der Waals surface area contributed by atoms with Crippen molar-refractivity contribution < 1.29 is 19.8 Å². The third-order valence-corrected chi connectivity index (χ3v) is 2.77. The van der Waals surface area contributed by atoms with Crippen LogP contribution in [0.3, 0.4) is 0 Å². The maximum atomic E-state index is 11.7. The van der Waals surface area contributed by atoms with E-state index in [0.29, 0.717) is 0 Å². The van der Waals surface area contributed by atoms with Gasteiger partial charge in [0.05, 0.1) is 12.0 Å². The molecule has 116 valence electrons. The van der Waals surface area contributed by atoms with Crippen molar-refractivity contribution >= 4 is 11.9 Å². The molecule has 1 heterocycles. The van der Waals surface area contributed by atoms with Crippen LogP contribution in [0, 0.1) is 0 Å². The first-order valence-electron chi connectivity index (χ1n) is 6.10. The Kier molecular flexibility index (Phi) is 5.03. The van der Waals surface area contributed by atoms with Gasteiger partial charge in [0.25, 0.3) is 5.56 Å². The first kappa shape index (κ1) is 16.6. The fourth-order valence-electron chi connectivity index (χ4n) is 1.62. The lowest BCUT2D eigenvalue weighted by Crippen LogP contribution is -2.45. The molecule has 0 saturated carbocycles. The number of carbonyl (C=O) groups excluding carboxylic acids is 1. The number of aliphatic hydroxyl groups is 1. The van der Waals surface area contributed by atoms with Crippen LogP contribution >= 0.6 is 0 Å². The molecule has 3 N–H and O–H groups in total. The minimum Gasteiger partial charge on any atom is -0.481 e. The second kappa shape index (κ2) is 6.35. The molecule has 0 aliphatic rings. The minimum atomic E-state index is -1.59. The van der Waals surface area contributed by atoms with Crippen molar-refractivity contribution in [1.82, 2.24) is 14.5 Å². The van der Waals surface area contributed by atoms with E-state index in [2.05, 4.69) is 5.32 Å². The quantitative estimate of drug-likeness (QED) is 0.551. The van der Waals surface area contributed by atoms with Crippen molar-refractivity contribution in [3.8, 4) is 0 Å². The van der Waals surface area contributed by atoms with E-state index in [-0.39, 0.29) is 13.1 Å². The number of nitrogens with one attached hydrogen (secondary N) is 1. The standard InChI is InChI=1S/C12H17N3O6/c1-12(21,5-10(18)19)7-13-8(16)6-15-4-3-9(17)14(2)11(15)20/h3-4,21H,5-7H2,1-2H3,(H,13,16)(H,18,19). The minimum absolute atomic E-state index is 0.265. The molecule has 0 aromatic carbocycles. The molecule has 0 aliphatic heterocycles. The molecule has 0 fully saturated rings. The summed E-state index contributed by atoms with van der Waals surface area (Å²) in [5.74, 6) is -1.77. The molecule has 0 bridgehead atoms. The highest BCUT2D eigenvalue weighted by Gasteiger charge is 2.24. The molecule has 9 nitrogen and oxygen atoms in total. The van der Waals surface area contributed by atoms with Gasteiger partial charge in [-0.2, -0.15) is 0 Å². The van der Waals surface area contributed by atoms with Crippen LogP contribution in [0.25, 0.3) is 0 Å². The number of aromatic nitrogens is 2. The van der Waals surface area contributed by atoms with Crippen molar-refractivity contribution in [2.45, 2.75) is 25.5 Å². The fraction of sp³-hybridized carbons (Fsp3) is 0.500. The molecule has 1 aromatic rings. The summed E-state index contributed by atoms with van der Waals surface area (Å²) in [6, 6.07) is 1.15. The van der Waals surface area contributed by atoms with E-state index in [1.54, 1.807) is 0 Å². The molecule has 1 atom stereocenters. The zero-order chi connectivity index (χ0) is 16.2. The summed E-state index contributed by atoms with van der Waals surface area (Å²) in [5, 5.41) is 20.7. The molecular weight excluding hydrogens is 282 g/mol. The van der Waals surface area contributed by atoms with Crippen molar-refractivity contribution in [2.75, 3.05) is 6.54 Å². The number of hydrogen-bond acceptors (Lipinski definition) is 5. The molecular formula is C12H17N3O6. The van der Waals surface area contributed by atoms with Gasteiger partial charge in [0.2, 0.25) is 5.91 Å². The lowest BCUT2D eigenvalue weighted by Gasteiger charge is -2.21. The Balaban J connectivity index is 2.67. The predicted octanol–water partition coefficient (Wildman–Crippen LogP) is -2.11. The first-order valence-corrected chi connectivity index (χ1v) is 6.10. The number of aliphatic carboxylic acids is 1. The first-order chi connectivity index (χ1) is 9.62. The number of nitrogens with zero attached hydrogens (tertiary/aromatic N) is 2. The van der Waals surface area contributed by atoms with Gasteiger partial charge in [0, 0.05) is 25.9 Å². The van der Waals surface area contributed by atoms with Crippen molar-refractivity contribution in [1.29, 1.82) is 0 Å². The molecule has 0 radical (unpaired) electrons. The zero-order valence-corrected chi connectivity index (χ0v) is 11.7. The van der Waals surface area contributed by atoms with Gasteiger partial charge in [-0.15, -0.1) is 0 Å². The van der Waals surface area contributed by atoms with E-state index in [9.17, 15) is 24.3 Å². The van der Waals surface area contributed by atoms with Crippen LogP contribution in [0.15, 0.2) is 21.9 Å². The molecule has 0 saturated heterocycles. The predicted molar refractivity (Wildman–Crippen MR) is 71.8 cm³/mol. The normalized spacial score (nSPS) is 13.5. The Morgan fingerprint density at radius 1 is 1.38 bits per heavy atom. The molecule has 1 aromatic heterocycles. The van der Waals surface area contributed by atoms with Crippen LogP contribution in [0.2, 0.25) is 0 Å². The number of carboxylic acids is 1. The Bertz CT molecular complexity index is 658. The highest BCUT2D eigenvalue weighted by molar-refractivity contribution is 5.76. The number of carboxylic acid groups (broad SMARTS) is 1. The van der Waals surface area contributed by atoms with Crippen LogP contribution < -0.4 is 16.6 Å². The highest BCUT2D eigenvalue weighted by Crippen LogP contribution is 2.07. The second-order valence-electron chi connectivity index (χ2n) is 4.97. The summed E-state index contributed by atoms with van der Waals surface area (Å²) < 4.78 is 1.89. The molecule has 1 amide bonds. The van der Waals surface area contributed by atoms with E-state index in [1.807, 2.05) is 0 Å². The topological polar surface area (TPSA) is 131 Å². The third kappa shape index (κ3) is 4.88. The molecule has 9 heteroatoms. The van der Waals surface area contributed by atoms with Gasteiger partial charge >= 0.3 is 11.7 Å². The lowest BCUT2D eigenvalue weighted by molar-refractivity contribution is -0.142. The Hall–Kier alpha value is -2.42. The summed E-state index contributed by atoms with van der Waals surface area (Å²) in [6.45, 7) is 0.675. The molecule has 0 spiro atoms. The van der Waals surface area contributed by atoms with Gasteiger partial charge in [-0.05, 0) is 6.92 Å². The average molecular weight is 299 g/mol. The summed E-state index contributed by atoms with van der Waals surface area (Å²) >= 11 is 0. The maximum absolute atomic E-state index is 11.7. The Morgan fingerprint density at radius 2 is 2.00 bits per heavy atom. The number of hydrogen-bond donors (Lipinski definition) is 3. The van der Waals surface area contributed by atoms with Crippen LogP contribution in [0.5, 0.6) is 0 Å². The van der Waals surface area contributed by atoms with Crippen molar-refractivity contribution in [2.24, 2.45) is 7.05 Å². The molecule has 1 rings (SSSR count). The average Bonchev–Trinajstić information content (AvgIpc) is 2.36. The third-order valence-electron chi connectivity index (χ3n) is 2.77. The van der Waals surface area contributed by atoms with Crippen molar-refractivity contribution in [3.63, 3.8) is 0 Å². The van der Waals surface area contributed by atoms with Crippen LogP contribution in [0.4, 0.5) is 0 Å². The second-order valence-corrected chi connectivity index (χ2v) is 4.97. The van der Waals surface area contributed by atoms with Gasteiger partial charge in [-0.3, -0.25) is 23.5 Å². The van der Waals surface area contributed by atoms with Crippen LogP contribution in [-0.2, 0) is 23.2 Å². The molecule has 1 unspecified atom stereocenters. The fourth-order valence-corrected chi connectivity index (χ4v) is 1.62.